The summed E-state index contributed by atoms with van der Waals surface area (Å²) in [5, 5.41) is 3.38. The minimum Gasteiger partial charge on any atom is -0.335 e. The summed E-state index contributed by atoms with van der Waals surface area (Å²) in [7, 11) is 0. The lowest BCUT2D eigenvalue weighted by molar-refractivity contribution is -0.114. The summed E-state index contributed by atoms with van der Waals surface area (Å²) >= 11 is 6.25. The summed E-state index contributed by atoms with van der Waals surface area (Å²) in [4.78, 5) is 31.0. The van der Waals surface area contributed by atoms with Gasteiger partial charge in [0.05, 0.1) is 5.56 Å². The molecular formula is C25H32Cl2N4O2. The van der Waals surface area contributed by atoms with Gasteiger partial charge in [0, 0.05) is 42.7 Å². The van der Waals surface area contributed by atoms with Gasteiger partial charge in [-0.05, 0) is 74.3 Å². The Morgan fingerprint density at radius 2 is 1.91 bits per heavy atom. The Morgan fingerprint density at radius 3 is 2.45 bits per heavy atom. The van der Waals surface area contributed by atoms with Crippen molar-refractivity contribution in [1.29, 1.82) is 0 Å². The van der Waals surface area contributed by atoms with Crippen LogP contribution in [0.1, 0.15) is 61.4 Å². The monoisotopic (exact) mass is 490 g/mol. The molecule has 178 valence electrons. The van der Waals surface area contributed by atoms with Crippen LogP contribution in [0.25, 0.3) is 0 Å². The lowest BCUT2D eigenvalue weighted by atomic mass is 9.68. The van der Waals surface area contributed by atoms with Crippen molar-refractivity contribution in [2.24, 2.45) is 11.7 Å². The summed E-state index contributed by atoms with van der Waals surface area (Å²) in [6, 6.07) is 11.7. The molecule has 8 heteroatoms. The summed E-state index contributed by atoms with van der Waals surface area (Å²) in [6.45, 7) is 2.81. The van der Waals surface area contributed by atoms with Gasteiger partial charge in [0.1, 0.15) is 5.82 Å². The number of nitrogens with two attached hydrogens (primary N) is 1. The maximum atomic E-state index is 13.4. The molecule has 1 aromatic carbocycles. The number of halogens is 2. The Balaban J connectivity index is 0.00000306. The molecule has 6 nitrogen and oxygen atoms in total. The largest absolute Gasteiger partial charge is 0.335 e. The maximum absolute atomic E-state index is 13.4. The van der Waals surface area contributed by atoms with Crippen LogP contribution in [0.5, 0.6) is 0 Å². The summed E-state index contributed by atoms with van der Waals surface area (Å²) in [5.41, 5.74) is 7.94. The van der Waals surface area contributed by atoms with Crippen molar-refractivity contribution in [3.8, 4) is 0 Å². The van der Waals surface area contributed by atoms with E-state index in [-0.39, 0.29) is 35.7 Å². The first-order valence-corrected chi connectivity index (χ1v) is 11.8. The number of pyridine rings is 1. The molecule has 0 aliphatic heterocycles. The molecule has 2 saturated carbocycles. The van der Waals surface area contributed by atoms with Gasteiger partial charge in [0.2, 0.25) is 5.91 Å². The first-order valence-electron chi connectivity index (χ1n) is 11.4. The zero-order valence-corrected chi connectivity index (χ0v) is 20.5. The van der Waals surface area contributed by atoms with Gasteiger partial charge in [-0.2, -0.15) is 0 Å². The molecule has 0 spiro atoms. The van der Waals surface area contributed by atoms with E-state index in [1.54, 1.807) is 18.3 Å². The van der Waals surface area contributed by atoms with Crippen molar-refractivity contribution in [1.82, 2.24) is 9.88 Å². The summed E-state index contributed by atoms with van der Waals surface area (Å²) in [5.74, 6) is 0.887. The number of amides is 2. The first-order chi connectivity index (χ1) is 15.4. The molecule has 3 N–H and O–H groups in total. The fourth-order valence-corrected chi connectivity index (χ4v) is 5.00. The molecule has 0 radical (unpaired) electrons. The number of hydrogen-bond donors (Lipinski definition) is 2. The molecule has 2 aromatic rings. The highest BCUT2D eigenvalue weighted by atomic mass is 35.5. The zero-order valence-electron chi connectivity index (χ0n) is 18.9. The smallest absolute Gasteiger partial charge is 0.255 e. The molecule has 1 heterocycles. The molecule has 0 saturated heterocycles. The molecule has 33 heavy (non-hydrogen) atoms. The molecule has 2 amide bonds. The Bertz CT molecular complexity index is 971. The van der Waals surface area contributed by atoms with E-state index in [0.717, 1.165) is 37.3 Å². The predicted octanol–water partition coefficient (Wildman–Crippen LogP) is 4.81. The molecule has 0 unspecified atom stereocenters. The molecular weight excluding hydrogens is 459 g/mol. The minimum atomic E-state index is -0.183. The lowest BCUT2D eigenvalue weighted by Crippen LogP contribution is -2.48. The van der Waals surface area contributed by atoms with Crippen molar-refractivity contribution in [2.75, 3.05) is 18.4 Å². The molecule has 0 bridgehead atoms. The van der Waals surface area contributed by atoms with E-state index in [2.05, 4.69) is 21.3 Å². The number of benzene rings is 1. The van der Waals surface area contributed by atoms with Gasteiger partial charge in [-0.15, -0.1) is 12.4 Å². The van der Waals surface area contributed by atoms with Crippen LogP contribution >= 0.6 is 24.0 Å². The van der Waals surface area contributed by atoms with Crippen molar-refractivity contribution in [3.63, 3.8) is 0 Å². The average Bonchev–Trinajstić information content (AvgIpc) is 3.62. The molecule has 0 atom stereocenters. The highest BCUT2D eigenvalue weighted by Crippen LogP contribution is 2.42. The Hall–Kier alpha value is -2.15. The second kappa shape index (κ2) is 10.9. The van der Waals surface area contributed by atoms with Gasteiger partial charge >= 0.3 is 0 Å². The number of rotatable bonds is 7. The van der Waals surface area contributed by atoms with Crippen LogP contribution in [0.15, 0.2) is 42.6 Å². The predicted molar refractivity (Wildman–Crippen MR) is 134 cm³/mol. The van der Waals surface area contributed by atoms with Gasteiger partial charge < -0.3 is 16.0 Å². The van der Waals surface area contributed by atoms with Crippen molar-refractivity contribution < 1.29 is 9.59 Å². The highest BCUT2D eigenvalue weighted by Gasteiger charge is 2.40. The Morgan fingerprint density at radius 1 is 1.18 bits per heavy atom. The Kier molecular flexibility index (Phi) is 8.38. The van der Waals surface area contributed by atoms with E-state index >= 15 is 0 Å². The summed E-state index contributed by atoms with van der Waals surface area (Å²) in [6.07, 6.45) is 7.63. The maximum Gasteiger partial charge on any atom is 0.255 e. The lowest BCUT2D eigenvalue weighted by Gasteiger charge is -2.43. The second-order valence-electron chi connectivity index (χ2n) is 9.24. The average molecular weight is 491 g/mol. The topological polar surface area (TPSA) is 88.3 Å². The van der Waals surface area contributed by atoms with Crippen LogP contribution in [0.3, 0.4) is 0 Å². The number of carbonyl (C=O) groups is 2. The quantitative estimate of drug-likeness (QED) is 0.582. The highest BCUT2D eigenvalue weighted by molar-refractivity contribution is 6.30. The number of nitrogens with zero attached hydrogens (tertiary/aromatic N) is 2. The van der Waals surface area contributed by atoms with Gasteiger partial charge in [-0.1, -0.05) is 23.7 Å². The van der Waals surface area contributed by atoms with Gasteiger partial charge in [-0.3, -0.25) is 9.59 Å². The number of nitrogens with one attached hydrogen (secondary N) is 1. The van der Waals surface area contributed by atoms with Crippen LogP contribution in [0.2, 0.25) is 5.02 Å². The zero-order chi connectivity index (χ0) is 22.7. The van der Waals surface area contributed by atoms with E-state index in [1.165, 1.54) is 25.3 Å². The Labute approximate surface area is 206 Å². The number of hydrogen-bond acceptors (Lipinski definition) is 4. The third-order valence-corrected chi connectivity index (χ3v) is 7.14. The normalized spacial score (nSPS) is 22.2. The third kappa shape index (κ3) is 6.05. The molecule has 2 fully saturated rings. The van der Waals surface area contributed by atoms with Gasteiger partial charge in [0.15, 0.2) is 0 Å². The van der Waals surface area contributed by atoms with Gasteiger partial charge in [0.25, 0.3) is 5.91 Å². The van der Waals surface area contributed by atoms with Crippen LogP contribution in [-0.2, 0) is 10.2 Å². The van der Waals surface area contributed by atoms with Crippen LogP contribution in [-0.4, -0.2) is 40.8 Å². The fourth-order valence-electron chi connectivity index (χ4n) is 4.81. The van der Waals surface area contributed by atoms with Crippen molar-refractivity contribution in [2.45, 2.75) is 56.9 Å². The van der Waals surface area contributed by atoms with Crippen LogP contribution < -0.4 is 11.1 Å². The van der Waals surface area contributed by atoms with E-state index < -0.39 is 0 Å². The summed E-state index contributed by atoms with van der Waals surface area (Å²) < 4.78 is 0. The van der Waals surface area contributed by atoms with Crippen molar-refractivity contribution >= 4 is 41.6 Å². The SMILES string of the molecule is CC(=O)Nc1ccc(C(=O)N(CC2CC2)[C@H]2CC[C@](CN)(c3cccc(Cl)c3)CC2)cn1.Cl. The van der Waals surface area contributed by atoms with E-state index in [9.17, 15) is 9.59 Å². The first kappa shape index (κ1) is 25.5. The van der Waals surface area contributed by atoms with Crippen molar-refractivity contribution in [3.05, 3.63) is 58.7 Å². The standard InChI is InChI=1S/C25H31ClN4O2.ClH/c1-17(31)29-23-8-7-19(14-28-23)24(32)30(15-18-5-6-18)22-9-11-25(16-27,12-10-22)20-3-2-4-21(26)13-20;/h2-4,7-8,13-14,18,22H,5-6,9-12,15-16,27H2,1H3,(H,28,29,31);1H/t22-,25-;. The molecule has 4 rings (SSSR count). The molecule has 1 aromatic heterocycles. The number of anilines is 1. The minimum absolute atomic E-state index is 0. The number of carbonyl (C=O) groups excluding carboxylic acids is 2. The number of aromatic nitrogens is 1. The third-order valence-electron chi connectivity index (χ3n) is 6.91. The van der Waals surface area contributed by atoms with Gasteiger partial charge in [-0.25, -0.2) is 4.98 Å². The van der Waals surface area contributed by atoms with E-state index in [4.69, 9.17) is 17.3 Å². The molecule has 2 aliphatic rings. The second-order valence-corrected chi connectivity index (χ2v) is 9.68. The molecule has 2 aliphatic carbocycles. The fraction of sp³-hybridized carbons (Fsp3) is 0.480. The van der Waals surface area contributed by atoms with Crippen LogP contribution in [0, 0.1) is 5.92 Å². The van der Waals surface area contributed by atoms with Crippen LogP contribution in [0.4, 0.5) is 5.82 Å². The van der Waals surface area contributed by atoms with E-state index in [1.807, 2.05) is 18.2 Å². The van der Waals surface area contributed by atoms with E-state index in [0.29, 0.717) is 23.8 Å².